The van der Waals surface area contributed by atoms with E-state index in [2.05, 4.69) is 0 Å². The Bertz CT molecular complexity index is 1290. The van der Waals surface area contributed by atoms with Crippen LogP contribution in [0.15, 0.2) is 58.3 Å². The molecule has 0 radical (unpaired) electrons. The van der Waals surface area contributed by atoms with Crippen LogP contribution in [0.5, 0.6) is 5.75 Å². The van der Waals surface area contributed by atoms with E-state index < -0.39 is 42.7 Å². The Morgan fingerprint density at radius 3 is 2.11 bits per heavy atom. The van der Waals surface area contributed by atoms with Gasteiger partial charge in [0.15, 0.2) is 0 Å². The minimum atomic E-state index is -4.66. The average Bonchev–Trinajstić information content (AvgIpc) is 3.69. The number of hydrogen-bond donors (Lipinski definition) is 0. The maximum Gasteiger partial charge on any atom is 0.416 e. The van der Waals surface area contributed by atoms with E-state index in [4.69, 9.17) is 4.74 Å². The van der Waals surface area contributed by atoms with Crippen molar-refractivity contribution in [3.8, 4) is 5.75 Å². The highest BCUT2D eigenvalue weighted by Crippen LogP contribution is 2.38. The molecule has 1 aliphatic heterocycles. The molecule has 4 rings (SSSR count). The summed E-state index contributed by atoms with van der Waals surface area (Å²) in [5, 5.41) is 0. The maximum atomic E-state index is 13.4. The molecule has 1 saturated heterocycles. The van der Waals surface area contributed by atoms with Gasteiger partial charge in [-0.15, -0.1) is 0 Å². The quantitative estimate of drug-likeness (QED) is 0.387. The SMILES string of the molecule is CCCCOc1ccc(S(=O)(=O)N2CCC(N(C3CC3)S(=O)(=O)c3cccc(C(F)(F)F)c3)CC2)cc1. The number of nitrogens with zero attached hydrogens (tertiary/aromatic N) is 2. The van der Waals surface area contributed by atoms with E-state index in [0.29, 0.717) is 31.3 Å². The summed E-state index contributed by atoms with van der Waals surface area (Å²) in [7, 11) is -7.97. The number of alkyl halides is 3. The summed E-state index contributed by atoms with van der Waals surface area (Å²) in [5.41, 5.74) is -1.02. The molecule has 2 aromatic carbocycles. The van der Waals surface area contributed by atoms with Crippen molar-refractivity contribution in [2.45, 2.75) is 73.5 Å². The van der Waals surface area contributed by atoms with Crippen LogP contribution in [0.3, 0.4) is 0 Å². The van der Waals surface area contributed by atoms with Crippen molar-refractivity contribution >= 4 is 20.0 Å². The fourth-order valence-corrected chi connectivity index (χ4v) is 7.95. The number of halogens is 3. The van der Waals surface area contributed by atoms with E-state index in [1.807, 2.05) is 6.92 Å². The molecule has 204 valence electrons. The van der Waals surface area contributed by atoms with Gasteiger partial charge >= 0.3 is 6.18 Å². The van der Waals surface area contributed by atoms with Crippen LogP contribution in [0.2, 0.25) is 0 Å². The number of unbranched alkanes of at least 4 members (excludes halogenated alkanes) is 1. The second kappa shape index (κ2) is 10.9. The highest BCUT2D eigenvalue weighted by atomic mass is 32.2. The van der Waals surface area contributed by atoms with Gasteiger partial charge in [0.1, 0.15) is 5.75 Å². The third kappa shape index (κ3) is 6.30. The molecular weight excluding hydrogens is 529 g/mol. The molecule has 7 nitrogen and oxygen atoms in total. The predicted molar refractivity (Wildman–Crippen MR) is 132 cm³/mol. The molecule has 0 spiro atoms. The number of rotatable bonds is 10. The Hall–Kier alpha value is -2.15. The molecule has 0 unspecified atom stereocenters. The van der Waals surface area contributed by atoms with Gasteiger partial charge in [0.05, 0.1) is 22.0 Å². The van der Waals surface area contributed by atoms with Gasteiger partial charge < -0.3 is 4.74 Å². The zero-order valence-corrected chi connectivity index (χ0v) is 22.2. The van der Waals surface area contributed by atoms with E-state index in [9.17, 15) is 30.0 Å². The van der Waals surface area contributed by atoms with Crippen LogP contribution < -0.4 is 4.74 Å². The van der Waals surface area contributed by atoms with Crippen LogP contribution in [-0.2, 0) is 26.2 Å². The van der Waals surface area contributed by atoms with E-state index in [-0.39, 0.29) is 36.9 Å². The number of piperidine rings is 1. The molecule has 1 heterocycles. The lowest BCUT2D eigenvalue weighted by Crippen LogP contribution is -2.49. The Morgan fingerprint density at radius 2 is 1.54 bits per heavy atom. The van der Waals surface area contributed by atoms with Gasteiger partial charge in [-0.3, -0.25) is 0 Å². The lowest BCUT2D eigenvalue weighted by atomic mass is 10.1. The molecule has 37 heavy (non-hydrogen) atoms. The zero-order valence-electron chi connectivity index (χ0n) is 20.5. The minimum absolute atomic E-state index is 0.114. The van der Waals surface area contributed by atoms with Crippen LogP contribution in [0, 0.1) is 0 Å². The summed E-state index contributed by atoms with van der Waals surface area (Å²) >= 11 is 0. The van der Waals surface area contributed by atoms with Crippen molar-refractivity contribution in [1.29, 1.82) is 0 Å². The van der Waals surface area contributed by atoms with Crippen molar-refractivity contribution in [3.63, 3.8) is 0 Å². The Labute approximate surface area is 216 Å². The standard InChI is InChI=1S/C25H31F3N2O5S2/c1-2-3-17-35-22-9-11-23(12-10-22)36(31,32)29-15-13-21(14-16-29)30(20-7-8-20)37(33,34)24-6-4-5-19(18-24)25(26,27)28/h4-6,9-12,18,20-21H,2-3,7-8,13-17H2,1H3. The molecule has 1 aliphatic carbocycles. The fourth-order valence-electron chi connectivity index (χ4n) is 4.50. The number of ether oxygens (including phenoxy) is 1. The molecule has 12 heteroatoms. The first-order valence-corrected chi connectivity index (χ1v) is 15.3. The van der Waals surface area contributed by atoms with Gasteiger partial charge in [-0.05, 0) is 74.6 Å². The van der Waals surface area contributed by atoms with E-state index in [1.165, 1.54) is 26.8 Å². The largest absolute Gasteiger partial charge is 0.494 e. The van der Waals surface area contributed by atoms with Gasteiger partial charge in [-0.25, -0.2) is 16.8 Å². The molecule has 1 saturated carbocycles. The summed E-state index contributed by atoms with van der Waals surface area (Å²) in [6, 6.07) is 9.23. The van der Waals surface area contributed by atoms with Crippen LogP contribution in [-0.4, -0.2) is 57.2 Å². The smallest absolute Gasteiger partial charge is 0.416 e. The maximum absolute atomic E-state index is 13.4. The molecule has 0 amide bonds. The first-order chi connectivity index (χ1) is 17.4. The molecule has 0 N–H and O–H groups in total. The summed E-state index contributed by atoms with van der Waals surface area (Å²) in [6.07, 6.45) is -1.00. The predicted octanol–water partition coefficient (Wildman–Crippen LogP) is 4.89. The Balaban J connectivity index is 1.46. The highest BCUT2D eigenvalue weighted by Gasteiger charge is 2.45. The summed E-state index contributed by atoms with van der Waals surface area (Å²) in [5.74, 6) is 0.589. The Kier molecular flexibility index (Phi) is 8.22. The average molecular weight is 561 g/mol. The van der Waals surface area contributed by atoms with Crippen LogP contribution >= 0.6 is 0 Å². The first-order valence-electron chi connectivity index (χ1n) is 12.4. The first kappa shape index (κ1) is 27.9. The summed E-state index contributed by atoms with van der Waals surface area (Å²) < 4.78 is 101. The van der Waals surface area contributed by atoms with E-state index in [0.717, 1.165) is 25.0 Å². The molecule has 2 aromatic rings. The molecule has 0 aromatic heterocycles. The fraction of sp³-hybridized carbons (Fsp3) is 0.520. The Morgan fingerprint density at radius 1 is 0.919 bits per heavy atom. The van der Waals surface area contributed by atoms with Crippen molar-refractivity contribution in [2.75, 3.05) is 19.7 Å². The van der Waals surface area contributed by atoms with Crippen molar-refractivity contribution in [3.05, 3.63) is 54.1 Å². The molecular formula is C25H31F3N2O5S2. The van der Waals surface area contributed by atoms with Gasteiger partial charge in [0.25, 0.3) is 0 Å². The lowest BCUT2D eigenvalue weighted by Gasteiger charge is -2.37. The van der Waals surface area contributed by atoms with Crippen LogP contribution in [0.1, 0.15) is 51.0 Å². The van der Waals surface area contributed by atoms with E-state index in [1.54, 1.807) is 12.1 Å². The van der Waals surface area contributed by atoms with Crippen molar-refractivity contribution in [2.24, 2.45) is 0 Å². The third-order valence-corrected chi connectivity index (χ3v) is 10.6. The minimum Gasteiger partial charge on any atom is -0.494 e. The van der Waals surface area contributed by atoms with Gasteiger partial charge in [-0.1, -0.05) is 19.4 Å². The third-order valence-electron chi connectivity index (χ3n) is 6.65. The van der Waals surface area contributed by atoms with Gasteiger partial charge in [0, 0.05) is 25.2 Å². The number of sulfonamides is 2. The van der Waals surface area contributed by atoms with Crippen LogP contribution in [0.25, 0.3) is 0 Å². The summed E-state index contributed by atoms with van der Waals surface area (Å²) in [4.78, 5) is -0.269. The second-order valence-electron chi connectivity index (χ2n) is 9.40. The topological polar surface area (TPSA) is 84.0 Å². The molecule has 0 atom stereocenters. The van der Waals surface area contributed by atoms with E-state index >= 15 is 0 Å². The monoisotopic (exact) mass is 560 g/mol. The molecule has 0 bridgehead atoms. The number of benzene rings is 2. The highest BCUT2D eigenvalue weighted by molar-refractivity contribution is 7.89. The second-order valence-corrected chi connectivity index (χ2v) is 13.2. The summed E-state index contributed by atoms with van der Waals surface area (Å²) in [6.45, 7) is 2.83. The number of hydrogen-bond acceptors (Lipinski definition) is 5. The normalized spacial score (nSPS) is 18.3. The van der Waals surface area contributed by atoms with Crippen molar-refractivity contribution < 1.29 is 34.7 Å². The molecule has 2 fully saturated rings. The zero-order chi connectivity index (χ0) is 26.8. The van der Waals surface area contributed by atoms with Gasteiger partial charge in [0.2, 0.25) is 20.0 Å². The lowest BCUT2D eigenvalue weighted by molar-refractivity contribution is -0.137. The van der Waals surface area contributed by atoms with Crippen molar-refractivity contribution in [1.82, 2.24) is 8.61 Å². The van der Waals surface area contributed by atoms with Gasteiger partial charge in [-0.2, -0.15) is 21.8 Å². The molecule has 2 aliphatic rings. The van der Waals surface area contributed by atoms with Crippen LogP contribution in [0.4, 0.5) is 13.2 Å².